The fraction of sp³-hybridized carbons (Fsp3) is 0.909. The van der Waals surface area contributed by atoms with Gasteiger partial charge in [0.05, 0.1) is 6.04 Å². The van der Waals surface area contributed by atoms with Crippen molar-refractivity contribution in [3.63, 3.8) is 0 Å². The fourth-order valence-corrected chi connectivity index (χ4v) is 1.26. The van der Waals surface area contributed by atoms with E-state index in [1.807, 2.05) is 0 Å². The van der Waals surface area contributed by atoms with Crippen molar-refractivity contribution < 1.29 is 4.79 Å². The van der Waals surface area contributed by atoms with E-state index >= 15 is 0 Å². The van der Waals surface area contributed by atoms with Gasteiger partial charge in [0.25, 0.3) is 0 Å². The van der Waals surface area contributed by atoms with Gasteiger partial charge in [-0.05, 0) is 24.7 Å². The summed E-state index contributed by atoms with van der Waals surface area (Å²) in [6.45, 7) is 8.44. The van der Waals surface area contributed by atoms with Gasteiger partial charge in [0.15, 0.2) is 0 Å². The topological polar surface area (TPSA) is 43.1 Å². The van der Waals surface area contributed by atoms with Crippen molar-refractivity contribution in [1.29, 1.82) is 0 Å². The minimum atomic E-state index is -0.237. The maximum atomic E-state index is 11.5. The first-order valence-electron chi connectivity index (χ1n) is 5.21. The highest BCUT2D eigenvalue weighted by molar-refractivity contribution is 5.83. The van der Waals surface area contributed by atoms with Crippen molar-refractivity contribution in [2.45, 2.75) is 53.0 Å². The van der Waals surface area contributed by atoms with Gasteiger partial charge in [0, 0.05) is 6.42 Å². The molecule has 1 atom stereocenters. The largest absolute Gasteiger partial charge is 0.322 e. The second-order valence-corrected chi connectivity index (χ2v) is 4.63. The minimum Gasteiger partial charge on any atom is -0.322 e. The molecule has 13 heavy (non-hydrogen) atoms. The number of hydrogen-bond acceptors (Lipinski definition) is 2. The van der Waals surface area contributed by atoms with Crippen molar-refractivity contribution in [1.82, 2.24) is 0 Å². The summed E-state index contributed by atoms with van der Waals surface area (Å²) in [4.78, 5) is 11.5. The summed E-state index contributed by atoms with van der Waals surface area (Å²) in [6.07, 6.45) is 2.42. The molecule has 2 nitrogen and oxygen atoms in total. The molecule has 0 fully saturated rings. The number of carbonyl (C=O) groups is 1. The predicted octanol–water partition coefficient (Wildman–Crippen LogP) is 2.37. The first kappa shape index (κ1) is 12.6. The van der Waals surface area contributed by atoms with Gasteiger partial charge in [-0.3, -0.25) is 4.79 Å². The number of rotatable bonds is 6. The Morgan fingerprint density at radius 1 is 1.15 bits per heavy atom. The molecule has 0 aromatic heterocycles. The Morgan fingerprint density at radius 2 is 1.69 bits per heavy atom. The summed E-state index contributed by atoms with van der Waals surface area (Å²) in [5, 5.41) is 0. The third-order valence-corrected chi connectivity index (χ3v) is 2.11. The summed E-state index contributed by atoms with van der Waals surface area (Å²) in [7, 11) is 0. The van der Waals surface area contributed by atoms with E-state index in [-0.39, 0.29) is 11.8 Å². The molecule has 0 spiro atoms. The van der Waals surface area contributed by atoms with Gasteiger partial charge in [-0.2, -0.15) is 0 Å². The van der Waals surface area contributed by atoms with E-state index < -0.39 is 0 Å². The second kappa shape index (κ2) is 6.14. The lowest BCUT2D eigenvalue weighted by Crippen LogP contribution is -2.31. The van der Waals surface area contributed by atoms with E-state index in [9.17, 15) is 4.79 Å². The van der Waals surface area contributed by atoms with Crippen LogP contribution in [0.2, 0.25) is 0 Å². The summed E-state index contributed by atoms with van der Waals surface area (Å²) in [5.74, 6) is 1.33. The van der Waals surface area contributed by atoms with E-state index in [1.165, 1.54) is 0 Å². The zero-order valence-electron chi connectivity index (χ0n) is 9.34. The smallest absolute Gasteiger partial charge is 0.149 e. The van der Waals surface area contributed by atoms with E-state index in [2.05, 4.69) is 27.7 Å². The van der Waals surface area contributed by atoms with Gasteiger partial charge >= 0.3 is 0 Å². The van der Waals surface area contributed by atoms with Crippen LogP contribution in [-0.4, -0.2) is 11.8 Å². The van der Waals surface area contributed by atoms with Crippen LogP contribution in [0, 0.1) is 11.8 Å². The van der Waals surface area contributed by atoms with Gasteiger partial charge in [0.2, 0.25) is 0 Å². The quantitative estimate of drug-likeness (QED) is 0.690. The summed E-state index contributed by atoms with van der Waals surface area (Å²) in [5.41, 5.74) is 5.75. The Bertz CT molecular complexity index is 152. The van der Waals surface area contributed by atoms with E-state index in [4.69, 9.17) is 5.73 Å². The fourth-order valence-electron chi connectivity index (χ4n) is 1.26. The van der Waals surface area contributed by atoms with Gasteiger partial charge in [0.1, 0.15) is 5.78 Å². The Labute approximate surface area is 81.9 Å². The number of carbonyl (C=O) groups excluding carboxylic acids is 1. The molecular weight excluding hydrogens is 162 g/mol. The zero-order chi connectivity index (χ0) is 10.4. The molecule has 0 bridgehead atoms. The maximum absolute atomic E-state index is 11.5. The monoisotopic (exact) mass is 185 g/mol. The first-order valence-corrected chi connectivity index (χ1v) is 5.21. The highest BCUT2D eigenvalue weighted by atomic mass is 16.1. The van der Waals surface area contributed by atoms with Crippen molar-refractivity contribution >= 4 is 5.78 Å². The third-order valence-electron chi connectivity index (χ3n) is 2.11. The molecular formula is C11H23NO. The van der Waals surface area contributed by atoms with Crippen molar-refractivity contribution in [2.24, 2.45) is 17.6 Å². The van der Waals surface area contributed by atoms with Crippen LogP contribution >= 0.6 is 0 Å². The van der Waals surface area contributed by atoms with Gasteiger partial charge in [-0.15, -0.1) is 0 Å². The Balaban J connectivity index is 3.69. The van der Waals surface area contributed by atoms with Crippen LogP contribution in [0.25, 0.3) is 0 Å². The predicted molar refractivity (Wildman–Crippen MR) is 56.5 cm³/mol. The molecule has 0 heterocycles. The molecule has 0 rings (SSSR count). The molecule has 0 saturated carbocycles. The number of hydrogen-bond donors (Lipinski definition) is 1. The summed E-state index contributed by atoms with van der Waals surface area (Å²) in [6, 6.07) is -0.237. The number of nitrogens with two attached hydrogens (primary N) is 1. The van der Waals surface area contributed by atoms with Crippen molar-refractivity contribution in [3.05, 3.63) is 0 Å². The average molecular weight is 185 g/mol. The lowest BCUT2D eigenvalue weighted by Gasteiger charge is -2.13. The van der Waals surface area contributed by atoms with Crippen LogP contribution in [0.5, 0.6) is 0 Å². The molecule has 0 aliphatic heterocycles. The first-order chi connectivity index (χ1) is 5.93. The molecule has 0 aromatic rings. The van der Waals surface area contributed by atoms with E-state index in [0.29, 0.717) is 18.3 Å². The molecule has 2 heteroatoms. The molecule has 2 N–H and O–H groups in total. The Hall–Kier alpha value is -0.370. The second-order valence-electron chi connectivity index (χ2n) is 4.63. The molecule has 0 aromatic carbocycles. The van der Waals surface area contributed by atoms with Crippen LogP contribution in [0.1, 0.15) is 47.0 Å². The lowest BCUT2D eigenvalue weighted by atomic mass is 9.96. The van der Waals surface area contributed by atoms with Gasteiger partial charge in [-0.25, -0.2) is 0 Å². The van der Waals surface area contributed by atoms with Crippen molar-refractivity contribution in [3.8, 4) is 0 Å². The van der Waals surface area contributed by atoms with E-state index in [1.54, 1.807) is 0 Å². The van der Waals surface area contributed by atoms with Crippen LogP contribution in [-0.2, 0) is 4.79 Å². The van der Waals surface area contributed by atoms with Crippen LogP contribution in [0.3, 0.4) is 0 Å². The van der Waals surface area contributed by atoms with E-state index in [0.717, 1.165) is 12.8 Å². The average Bonchev–Trinajstić information content (AvgIpc) is 1.98. The van der Waals surface area contributed by atoms with Gasteiger partial charge in [-0.1, -0.05) is 27.7 Å². The molecule has 0 aliphatic carbocycles. The number of ketones is 1. The number of Topliss-reactive ketones (excluding diaryl/α,β-unsaturated/α-hetero) is 1. The molecule has 0 radical (unpaired) electrons. The molecule has 1 unspecified atom stereocenters. The normalized spacial score (nSPS) is 13.8. The Kier molecular flexibility index (Phi) is 5.97. The third kappa shape index (κ3) is 6.76. The lowest BCUT2D eigenvalue weighted by molar-refractivity contribution is -0.120. The van der Waals surface area contributed by atoms with Crippen LogP contribution in [0.4, 0.5) is 0 Å². The SMILES string of the molecule is CC(C)CCC(=O)C(N)CC(C)C. The highest BCUT2D eigenvalue weighted by Crippen LogP contribution is 2.09. The molecule has 0 saturated heterocycles. The van der Waals surface area contributed by atoms with Gasteiger partial charge < -0.3 is 5.73 Å². The summed E-state index contributed by atoms with van der Waals surface area (Å²) >= 11 is 0. The molecule has 0 aliphatic rings. The summed E-state index contributed by atoms with van der Waals surface area (Å²) < 4.78 is 0. The van der Waals surface area contributed by atoms with Crippen molar-refractivity contribution in [2.75, 3.05) is 0 Å². The maximum Gasteiger partial charge on any atom is 0.149 e. The highest BCUT2D eigenvalue weighted by Gasteiger charge is 2.14. The standard InChI is InChI=1S/C11H23NO/c1-8(2)5-6-11(13)10(12)7-9(3)4/h8-10H,5-7,12H2,1-4H3. The molecule has 0 amide bonds. The molecule has 78 valence electrons. The zero-order valence-corrected chi connectivity index (χ0v) is 9.34. The van der Waals surface area contributed by atoms with Crippen LogP contribution < -0.4 is 5.73 Å². The Morgan fingerprint density at radius 3 is 2.08 bits per heavy atom. The minimum absolute atomic E-state index is 0.224. The van der Waals surface area contributed by atoms with Crippen LogP contribution in [0.15, 0.2) is 0 Å².